The predicted molar refractivity (Wildman–Crippen MR) is 113 cm³/mol. The molecule has 3 rings (SSSR count). The molecular weight excluding hydrogens is 430 g/mol. The lowest BCUT2D eigenvalue weighted by atomic mass is 10.3. The van der Waals surface area contributed by atoms with Crippen molar-refractivity contribution in [3.63, 3.8) is 0 Å². The molecule has 1 aliphatic heterocycles. The van der Waals surface area contributed by atoms with Gasteiger partial charge in [-0.15, -0.1) is 0 Å². The highest BCUT2D eigenvalue weighted by molar-refractivity contribution is 7.89. The molecule has 162 valence electrons. The molecule has 1 saturated heterocycles. The van der Waals surface area contributed by atoms with Crippen LogP contribution in [-0.2, 0) is 21.9 Å². The molecule has 0 bridgehead atoms. The van der Waals surface area contributed by atoms with Crippen LogP contribution in [0, 0.1) is 6.92 Å². The van der Waals surface area contributed by atoms with Gasteiger partial charge in [-0.05, 0) is 31.2 Å². The van der Waals surface area contributed by atoms with E-state index in [9.17, 15) is 18.0 Å². The lowest BCUT2D eigenvalue weighted by Gasteiger charge is -2.18. The Hall–Kier alpha value is -2.36. The summed E-state index contributed by atoms with van der Waals surface area (Å²) in [5.74, 6) is 0.333. The molecule has 0 spiro atoms. The van der Waals surface area contributed by atoms with Gasteiger partial charge in [-0.3, -0.25) is 9.59 Å². The Kier molecular flexibility index (Phi) is 6.84. The second-order valence-electron chi connectivity index (χ2n) is 7.20. The quantitative estimate of drug-likeness (QED) is 0.688. The van der Waals surface area contributed by atoms with E-state index in [1.165, 1.54) is 22.8 Å². The zero-order valence-corrected chi connectivity index (χ0v) is 18.4. The molecule has 1 amide bonds. The van der Waals surface area contributed by atoms with E-state index < -0.39 is 10.0 Å². The number of nitrogens with zero attached hydrogens (tertiary/aromatic N) is 2. The highest BCUT2D eigenvalue weighted by Gasteiger charge is 2.28. The molecule has 1 aliphatic rings. The average Bonchev–Trinajstić information content (AvgIpc) is 3.14. The number of aromatic nitrogens is 1. The van der Waals surface area contributed by atoms with Gasteiger partial charge in [0.05, 0.1) is 11.4 Å². The van der Waals surface area contributed by atoms with Gasteiger partial charge in [0.15, 0.2) is 0 Å². The molecule has 2 aromatic rings. The van der Waals surface area contributed by atoms with Gasteiger partial charge in [-0.1, -0.05) is 17.7 Å². The van der Waals surface area contributed by atoms with Gasteiger partial charge in [0.1, 0.15) is 11.9 Å². The summed E-state index contributed by atoms with van der Waals surface area (Å²) in [6.07, 6.45) is 0.481. The predicted octanol–water partition coefficient (Wildman–Crippen LogP) is 1.70. The summed E-state index contributed by atoms with van der Waals surface area (Å²) in [5.41, 5.74) is 0.637. The van der Waals surface area contributed by atoms with Crippen LogP contribution in [0.25, 0.3) is 0 Å². The van der Waals surface area contributed by atoms with Crippen molar-refractivity contribution in [2.24, 2.45) is 7.05 Å². The summed E-state index contributed by atoms with van der Waals surface area (Å²) in [4.78, 5) is 26.0. The summed E-state index contributed by atoms with van der Waals surface area (Å²) in [6, 6.07) is 9.16. The van der Waals surface area contributed by atoms with Crippen LogP contribution < -0.4 is 15.0 Å². The van der Waals surface area contributed by atoms with Crippen LogP contribution in [-0.4, -0.2) is 49.5 Å². The molecule has 1 unspecified atom stereocenters. The normalized spacial score (nSPS) is 16.6. The molecule has 1 aromatic heterocycles. The molecule has 10 heteroatoms. The number of nitrogens with one attached hydrogen (secondary N) is 1. The minimum Gasteiger partial charge on any atom is -0.488 e. The SMILES string of the molecule is Cc1cc(OC2CCN(C(=O)CCNS(=O)(=O)c3cccc(Cl)c3)C2)cc(=O)n1C. The third-order valence-electron chi connectivity index (χ3n) is 5.01. The van der Waals surface area contributed by atoms with Crippen LogP contribution >= 0.6 is 11.6 Å². The van der Waals surface area contributed by atoms with Gasteiger partial charge in [0.2, 0.25) is 15.9 Å². The number of carbonyl (C=O) groups excluding carboxylic acids is 1. The minimum atomic E-state index is -3.73. The fourth-order valence-electron chi connectivity index (χ4n) is 3.22. The van der Waals surface area contributed by atoms with Crippen LogP contribution in [0.3, 0.4) is 0 Å². The van der Waals surface area contributed by atoms with Crippen molar-refractivity contribution >= 4 is 27.5 Å². The number of rotatable bonds is 7. The Morgan fingerprint density at radius 1 is 1.30 bits per heavy atom. The molecular formula is C20H24ClN3O5S. The van der Waals surface area contributed by atoms with E-state index in [1.807, 2.05) is 6.92 Å². The molecule has 1 N–H and O–H groups in total. The fraction of sp³-hybridized carbons (Fsp3) is 0.400. The number of sulfonamides is 1. The van der Waals surface area contributed by atoms with Crippen molar-refractivity contribution in [3.8, 4) is 5.75 Å². The van der Waals surface area contributed by atoms with Gasteiger partial charge >= 0.3 is 0 Å². The highest BCUT2D eigenvalue weighted by atomic mass is 35.5. The van der Waals surface area contributed by atoms with Gasteiger partial charge in [0.25, 0.3) is 5.56 Å². The summed E-state index contributed by atoms with van der Waals surface area (Å²) in [6.45, 7) is 2.73. The number of amides is 1. The molecule has 1 atom stereocenters. The Bertz CT molecular complexity index is 1100. The van der Waals surface area contributed by atoms with Crippen LogP contribution in [0.1, 0.15) is 18.5 Å². The van der Waals surface area contributed by atoms with Crippen LogP contribution in [0.2, 0.25) is 5.02 Å². The van der Waals surface area contributed by atoms with Gasteiger partial charge in [0, 0.05) is 49.8 Å². The number of aryl methyl sites for hydroxylation is 1. The molecule has 0 saturated carbocycles. The summed E-state index contributed by atoms with van der Waals surface area (Å²) in [7, 11) is -2.03. The number of hydrogen-bond donors (Lipinski definition) is 1. The maximum atomic E-state index is 12.4. The Morgan fingerprint density at radius 3 is 2.77 bits per heavy atom. The largest absolute Gasteiger partial charge is 0.488 e. The molecule has 8 nitrogen and oxygen atoms in total. The highest BCUT2D eigenvalue weighted by Crippen LogP contribution is 2.19. The molecule has 0 radical (unpaired) electrons. The Labute approximate surface area is 180 Å². The lowest BCUT2D eigenvalue weighted by Crippen LogP contribution is -2.34. The average molecular weight is 454 g/mol. The third kappa shape index (κ3) is 5.41. The Morgan fingerprint density at radius 2 is 2.07 bits per heavy atom. The molecule has 1 aromatic carbocycles. The third-order valence-corrected chi connectivity index (χ3v) is 6.71. The Balaban J connectivity index is 1.50. The maximum Gasteiger partial charge on any atom is 0.254 e. The smallest absolute Gasteiger partial charge is 0.254 e. The van der Waals surface area contributed by atoms with Crippen molar-refractivity contribution in [2.75, 3.05) is 19.6 Å². The van der Waals surface area contributed by atoms with Crippen LogP contribution in [0.4, 0.5) is 0 Å². The first kappa shape index (κ1) is 22.3. The van der Waals surface area contributed by atoms with E-state index in [4.69, 9.17) is 16.3 Å². The number of carbonyl (C=O) groups is 1. The van der Waals surface area contributed by atoms with Gasteiger partial charge in [-0.25, -0.2) is 13.1 Å². The number of likely N-dealkylation sites (tertiary alicyclic amines) is 1. The maximum absolute atomic E-state index is 12.4. The van der Waals surface area contributed by atoms with Crippen molar-refractivity contribution in [2.45, 2.75) is 30.8 Å². The first-order valence-corrected chi connectivity index (χ1v) is 11.4. The van der Waals surface area contributed by atoms with E-state index in [1.54, 1.807) is 30.1 Å². The van der Waals surface area contributed by atoms with Gasteiger partial charge < -0.3 is 14.2 Å². The topological polar surface area (TPSA) is 97.7 Å². The molecule has 2 heterocycles. The molecule has 30 heavy (non-hydrogen) atoms. The van der Waals surface area contributed by atoms with Crippen molar-refractivity contribution in [1.29, 1.82) is 0 Å². The summed E-state index contributed by atoms with van der Waals surface area (Å²) >= 11 is 5.83. The first-order valence-electron chi connectivity index (χ1n) is 9.53. The number of hydrogen-bond acceptors (Lipinski definition) is 5. The zero-order chi connectivity index (χ0) is 21.9. The number of benzene rings is 1. The summed E-state index contributed by atoms with van der Waals surface area (Å²) in [5, 5.41) is 0.323. The number of ether oxygens (including phenoxy) is 1. The van der Waals surface area contributed by atoms with Crippen molar-refractivity contribution in [1.82, 2.24) is 14.2 Å². The first-order chi connectivity index (χ1) is 14.2. The lowest BCUT2D eigenvalue weighted by molar-refractivity contribution is -0.130. The molecule has 0 aliphatic carbocycles. The standard InChI is InChI=1S/C20H24ClN3O5S/c1-14-10-17(12-20(26)23(14)2)29-16-7-9-24(13-16)19(25)6-8-22-30(27,28)18-5-3-4-15(21)11-18/h3-5,10-12,16,22H,6-9,13H2,1-2H3. The molecule has 1 fully saturated rings. The summed E-state index contributed by atoms with van der Waals surface area (Å²) < 4.78 is 34.4. The monoisotopic (exact) mass is 453 g/mol. The number of halogens is 1. The van der Waals surface area contributed by atoms with Gasteiger partial charge in [-0.2, -0.15) is 0 Å². The minimum absolute atomic E-state index is 0.0103. The van der Waals surface area contributed by atoms with E-state index in [0.717, 1.165) is 5.69 Å². The van der Waals surface area contributed by atoms with Crippen molar-refractivity contribution < 1.29 is 17.9 Å². The zero-order valence-electron chi connectivity index (χ0n) is 16.8. The van der Waals surface area contributed by atoms with E-state index in [0.29, 0.717) is 30.3 Å². The second kappa shape index (κ2) is 9.20. The second-order valence-corrected chi connectivity index (χ2v) is 9.41. The van der Waals surface area contributed by atoms with Crippen molar-refractivity contribution in [3.05, 3.63) is 57.5 Å². The van der Waals surface area contributed by atoms with E-state index in [-0.39, 0.29) is 35.4 Å². The fourth-order valence-corrected chi connectivity index (χ4v) is 4.55. The van der Waals surface area contributed by atoms with E-state index >= 15 is 0 Å². The van der Waals surface area contributed by atoms with Crippen LogP contribution in [0.15, 0.2) is 46.1 Å². The van der Waals surface area contributed by atoms with Crippen LogP contribution in [0.5, 0.6) is 5.75 Å². The number of pyridine rings is 1. The van der Waals surface area contributed by atoms with E-state index in [2.05, 4.69) is 4.72 Å².